The minimum atomic E-state index is 0. The van der Waals surface area contributed by atoms with Gasteiger partial charge in [0, 0.05) is 47.5 Å². The van der Waals surface area contributed by atoms with E-state index in [-0.39, 0.29) is 29.6 Å². The fourth-order valence-electron chi connectivity index (χ4n) is 0.271. The summed E-state index contributed by atoms with van der Waals surface area (Å²) in [6, 6.07) is 3.33. The van der Waals surface area contributed by atoms with Crippen LogP contribution in [-0.2, 0) is 0 Å². The second-order valence-electron chi connectivity index (χ2n) is 1.34. The van der Waals surface area contributed by atoms with Gasteiger partial charge in [0.25, 0.3) is 0 Å². The normalized spacial score (nSPS) is 12.2. The van der Waals surface area contributed by atoms with Crippen molar-refractivity contribution in [3.05, 3.63) is 23.6 Å². The third kappa shape index (κ3) is 12.8. The second-order valence-corrected chi connectivity index (χ2v) is 3.66. The summed E-state index contributed by atoms with van der Waals surface area (Å²) in [7, 11) is 3.69. The standard InChI is InChI=1S/C4H2N2.C3H4S2.Na/c5-3-1-2-4-6;1-2-4-5-3-1;/h1-2H;1-2H,3H2;. The van der Waals surface area contributed by atoms with Crippen LogP contribution in [0.1, 0.15) is 0 Å². The number of hydrogen-bond donors (Lipinski definition) is 0. The monoisotopic (exact) mass is 205 g/mol. The van der Waals surface area contributed by atoms with Gasteiger partial charge in [-0.1, -0.05) is 27.7 Å². The predicted molar refractivity (Wildman–Crippen MR) is 55.3 cm³/mol. The summed E-state index contributed by atoms with van der Waals surface area (Å²) < 4.78 is 0. The van der Waals surface area contributed by atoms with Crippen molar-refractivity contribution in [3.8, 4) is 12.1 Å². The van der Waals surface area contributed by atoms with Crippen molar-refractivity contribution in [2.45, 2.75) is 0 Å². The van der Waals surface area contributed by atoms with Crippen molar-refractivity contribution in [3.63, 3.8) is 0 Å². The van der Waals surface area contributed by atoms with Crippen molar-refractivity contribution < 1.29 is 0 Å². The Hall–Kier alpha value is 0.160. The van der Waals surface area contributed by atoms with Crippen molar-refractivity contribution in [1.82, 2.24) is 0 Å². The van der Waals surface area contributed by atoms with E-state index in [1.807, 2.05) is 21.6 Å². The first-order valence-corrected chi connectivity index (χ1v) is 5.17. The van der Waals surface area contributed by atoms with Crippen molar-refractivity contribution in [2.75, 3.05) is 5.75 Å². The Morgan fingerprint density at radius 2 is 1.83 bits per heavy atom. The molecule has 1 aliphatic heterocycles. The summed E-state index contributed by atoms with van der Waals surface area (Å²) in [5.41, 5.74) is 0. The molecule has 5 heteroatoms. The van der Waals surface area contributed by atoms with E-state index < -0.39 is 0 Å². The maximum absolute atomic E-state index is 7.71. The number of rotatable bonds is 0. The molecule has 0 unspecified atom stereocenters. The number of allylic oxidation sites excluding steroid dienone is 2. The zero-order valence-electron chi connectivity index (χ0n) is 6.73. The van der Waals surface area contributed by atoms with Crippen LogP contribution in [0, 0.1) is 22.7 Å². The zero-order valence-corrected chi connectivity index (χ0v) is 10.4. The summed E-state index contributed by atoms with van der Waals surface area (Å²) in [5, 5.41) is 17.5. The molecule has 0 amide bonds. The Balaban J connectivity index is 0. The van der Waals surface area contributed by atoms with Gasteiger partial charge in [0.15, 0.2) is 0 Å². The third-order valence-electron chi connectivity index (χ3n) is 0.616. The van der Waals surface area contributed by atoms with E-state index in [0.29, 0.717) is 0 Å². The topological polar surface area (TPSA) is 47.6 Å². The summed E-state index contributed by atoms with van der Waals surface area (Å²) in [4.78, 5) is 0. The van der Waals surface area contributed by atoms with Gasteiger partial charge in [-0.3, -0.25) is 0 Å². The molecule has 1 aliphatic rings. The van der Waals surface area contributed by atoms with E-state index in [9.17, 15) is 0 Å². The van der Waals surface area contributed by atoms with Gasteiger partial charge in [0.05, 0.1) is 12.1 Å². The van der Waals surface area contributed by atoms with E-state index in [2.05, 4.69) is 11.5 Å². The van der Waals surface area contributed by atoms with Crippen LogP contribution < -0.4 is 0 Å². The number of hydrogen-bond acceptors (Lipinski definition) is 4. The maximum Gasteiger partial charge on any atom is 0.0919 e. The van der Waals surface area contributed by atoms with Crippen molar-refractivity contribution in [1.29, 1.82) is 10.5 Å². The third-order valence-corrected chi connectivity index (χ3v) is 2.53. The fraction of sp³-hybridized carbons (Fsp3) is 0.143. The summed E-state index contributed by atoms with van der Waals surface area (Å²) in [6.45, 7) is 0. The first-order chi connectivity index (χ1) is 5.41. The van der Waals surface area contributed by atoms with Crippen LogP contribution in [0.2, 0.25) is 0 Å². The Kier molecular flexibility index (Phi) is 16.8. The smallest absolute Gasteiger partial charge is 0.0919 e. The molecular formula is C7H6N2NaS2. The zero-order chi connectivity index (χ0) is 8.36. The van der Waals surface area contributed by atoms with Crippen LogP contribution in [0.5, 0.6) is 0 Å². The SMILES string of the molecule is C1=CSSC1.N#CC=CC#N.[Na]. The molecule has 0 aromatic carbocycles. The van der Waals surface area contributed by atoms with Gasteiger partial charge in [-0.25, -0.2) is 0 Å². The summed E-state index contributed by atoms with van der Waals surface area (Å²) >= 11 is 0. The Labute approximate surface area is 102 Å². The van der Waals surface area contributed by atoms with Gasteiger partial charge in [-0.05, 0) is 5.41 Å². The van der Waals surface area contributed by atoms with Crippen LogP contribution in [0.3, 0.4) is 0 Å². The molecule has 0 aromatic rings. The van der Waals surface area contributed by atoms with Gasteiger partial charge in [0.1, 0.15) is 0 Å². The van der Waals surface area contributed by atoms with E-state index in [1.165, 1.54) is 5.75 Å². The Morgan fingerprint density at radius 3 is 2.00 bits per heavy atom. The largest absolute Gasteiger partial charge is 0.193 e. The molecule has 2 nitrogen and oxygen atoms in total. The first kappa shape index (κ1) is 14.7. The molecule has 1 radical (unpaired) electrons. The van der Waals surface area contributed by atoms with Crippen molar-refractivity contribution in [2.24, 2.45) is 0 Å². The molecule has 12 heavy (non-hydrogen) atoms. The van der Waals surface area contributed by atoms with Crippen LogP contribution in [-0.4, -0.2) is 35.3 Å². The minimum Gasteiger partial charge on any atom is -0.193 e. The molecule has 0 fully saturated rings. The molecule has 0 bridgehead atoms. The van der Waals surface area contributed by atoms with Gasteiger partial charge < -0.3 is 0 Å². The molecule has 57 valence electrons. The molecule has 0 aliphatic carbocycles. The van der Waals surface area contributed by atoms with Gasteiger partial charge in [-0.2, -0.15) is 10.5 Å². The maximum atomic E-state index is 7.71. The van der Waals surface area contributed by atoms with E-state index >= 15 is 0 Å². The fourth-order valence-corrected chi connectivity index (χ4v) is 1.84. The molecule has 1 rings (SSSR count). The predicted octanol–water partition coefficient (Wildman–Crippen LogP) is 2.10. The molecule has 0 N–H and O–H groups in total. The van der Waals surface area contributed by atoms with Gasteiger partial charge in [0.2, 0.25) is 0 Å². The molecule has 0 spiro atoms. The Bertz CT molecular complexity index is 203. The molecular weight excluding hydrogens is 199 g/mol. The van der Waals surface area contributed by atoms with E-state index in [4.69, 9.17) is 10.5 Å². The average molecular weight is 205 g/mol. The average Bonchev–Trinajstić information content (AvgIpc) is 2.57. The summed E-state index contributed by atoms with van der Waals surface area (Å²) in [5.74, 6) is 1.20. The van der Waals surface area contributed by atoms with Crippen LogP contribution in [0.15, 0.2) is 23.6 Å². The van der Waals surface area contributed by atoms with E-state index in [0.717, 1.165) is 12.2 Å². The van der Waals surface area contributed by atoms with Crippen LogP contribution in [0.4, 0.5) is 0 Å². The van der Waals surface area contributed by atoms with Crippen LogP contribution >= 0.6 is 21.6 Å². The molecule has 0 saturated carbocycles. The van der Waals surface area contributed by atoms with Gasteiger partial charge in [-0.15, -0.1) is 0 Å². The first-order valence-electron chi connectivity index (χ1n) is 2.79. The van der Waals surface area contributed by atoms with Crippen LogP contribution in [0.25, 0.3) is 0 Å². The molecule has 0 atom stereocenters. The summed E-state index contributed by atoms with van der Waals surface area (Å²) in [6.07, 6.45) is 4.41. The number of nitrogens with zero attached hydrogens (tertiary/aromatic N) is 2. The minimum absolute atomic E-state index is 0. The molecule has 0 saturated heterocycles. The second kappa shape index (κ2) is 13.7. The Morgan fingerprint density at radius 1 is 1.25 bits per heavy atom. The molecule has 1 heterocycles. The van der Waals surface area contributed by atoms with E-state index in [1.54, 1.807) is 12.1 Å². The molecule has 0 aromatic heterocycles. The van der Waals surface area contributed by atoms with Crippen molar-refractivity contribution >= 4 is 51.1 Å². The van der Waals surface area contributed by atoms with Gasteiger partial charge >= 0.3 is 0 Å². The quantitative estimate of drug-likeness (QED) is 0.345. The number of nitriles is 2.